The molecule has 0 aliphatic heterocycles. The van der Waals surface area contributed by atoms with Gasteiger partial charge in [-0.2, -0.15) is 0 Å². The molecule has 0 aliphatic rings. The van der Waals surface area contributed by atoms with Crippen LogP contribution in [0, 0.1) is 0 Å². The third-order valence-corrected chi connectivity index (χ3v) is 2.49. The lowest BCUT2D eigenvalue weighted by molar-refractivity contribution is 0.0604. The number of rotatable bonds is 2. The Morgan fingerprint density at radius 1 is 1.35 bits per heavy atom. The van der Waals surface area contributed by atoms with Crippen LogP contribution in [0.15, 0.2) is 24.4 Å². The van der Waals surface area contributed by atoms with Crippen molar-refractivity contribution < 1.29 is 14.3 Å². The molecule has 5 heteroatoms. The molecule has 17 heavy (non-hydrogen) atoms. The summed E-state index contributed by atoms with van der Waals surface area (Å²) in [6.07, 6.45) is 1.45. The molecule has 1 heterocycles. The molecule has 0 bridgehead atoms. The maximum absolute atomic E-state index is 11.7. The Labute approximate surface area is 98.2 Å². The Morgan fingerprint density at radius 2 is 2.12 bits per heavy atom. The number of nitrogens with two attached hydrogens (primary N) is 1. The van der Waals surface area contributed by atoms with Crippen LogP contribution in [0.2, 0.25) is 0 Å². The van der Waals surface area contributed by atoms with Crippen molar-refractivity contribution in [2.24, 2.45) is 0 Å². The molecule has 0 saturated carbocycles. The molecular formula is C12H12N2O3. The summed E-state index contributed by atoms with van der Waals surface area (Å²) in [6, 6.07) is 5.25. The normalized spacial score (nSPS) is 10.2. The number of hydrogen-bond donors (Lipinski definition) is 1. The summed E-state index contributed by atoms with van der Waals surface area (Å²) < 4.78 is 9.82. The molecule has 2 N–H and O–H groups in total. The smallest absolute Gasteiger partial charge is 0.340 e. The van der Waals surface area contributed by atoms with Crippen LogP contribution >= 0.6 is 0 Å². The minimum atomic E-state index is -0.483. The molecule has 0 fully saturated rings. The molecule has 0 aliphatic carbocycles. The van der Waals surface area contributed by atoms with Gasteiger partial charge in [-0.15, -0.1) is 0 Å². The van der Waals surface area contributed by atoms with Gasteiger partial charge in [0.2, 0.25) is 0 Å². The predicted molar refractivity (Wildman–Crippen MR) is 64.0 cm³/mol. The molecule has 2 aromatic rings. The van der Waals surface area contributed by atoms with Crippen molar-refractivity contribution in [3.05, 3.63) is 30.0 Å². The maximum Gasteiger partial charge on any atom is 0.340 e. The Kier molecular flexibility index (Phi) is 2.82. The number of aromatic nitrogens is 1. The number of carbonyl (C=O) groups is 1. The summed E-state index contributed by atoms with van der Waals surface area (Å²) in [4.78, 5) is 15.8. The summed E-state index contributed by atoms with van der Waals surface area (Å²) in [6.45, 7) is 0. The van der Waals surface area contributed by atoms with Crippen LogP contribution in [0.5, 0.6) is 5.75 Å². The zero-order valence-electron chi connectivity index (χ0n) is 9.56. The van der Waals surface area contributed by atoms with Crippen LogP contribution in [0.3, 0.4) is 0 Å². The van der Waals surface area contributed by atoms with Crippen molar-refractivity contribution in [3.8, 4) is 5.75 Å². The van der Waals surface area contributed by atoms with Gasteiger partial charge in [-0.25, -0.2) is 4.79 Å². The molecular weight excluding hydrogens is 220 g/mol. The van der Waals surface area contributed by atoms with Gasteiger partial charge < -0.3 is 15.2 Å². The van der Waals surface area contributed by atoms with Gasteiger partial charge in [0.15, 0.2) is 0 Å². The van der Waals surface area contributed by atoms with Crippen LogP contribution in [0.1, 0.15) is 10.4 Å². The predicted octanol–water partition coefficient (Wildman–Crippen LogP) is 1.61. The first-order valence-corrected chi connectivity index (χ1v) is 4.98. The monoisotopic (exact) mass is 232 g/mol. The standard InChI is InChI=1S/C12H12N2O3/c1-16-7-3-4-10-8(5-7)11(12(15)17-2)9(13)6-14-10/h3-6H,13H2,1-2H3. The zero-order chi connectivity index (χ0) is 12.4. The van der Waals surface area contributed by atoms with Crippen molar-refractivity contribution in [2.45, 2.75) is 0 Å². The highest BCUT2D eigenvalue weighted by atomic mass is 16.5. The van der Waals surface area contributed by atoms with Gasteiger partial charge in [-0.1, -0.05) is 0 Å². The summed E-state index contributed by atoms with van der Waals surface area (Å²) in [5.41, 5.74) is 7.02. The number of benzene rings is 1. The highest BCUT2D eigenvalue weighted by molar-refractivity contribution is 6.08. The van der Waals surface area contributed by atoms with Gasteiger partial charge >= 0.3 is 5.97 Å². The van der Waals surface area contributed by atoms with E-state index >= 15 is 0 Å². The fraction of sp³-hybridized carbons (Fsp3) is 0.167. The molecule has 1 aromatic carbocycles. The van der Waals surface area contributed by atoms with E-state index in [1.807, 2.05) is 0 Å². The number of ether oxygens (including phenoxy) is 2. The quantitative estimate of drug-likeness (QED) is 0.796. The van der Waals surface area contributed by atoms with Gasteiger partial charge in [0.05, 0.1) is 37.2 Å². The molecule has 88 valence electrons. The Hall–Kier alpha value is -2.30. The maximum atomic E-state index is 11.7. The number of fused-ring (bicyclic) bond motifs is 1. The van der Waals surface area contributed by atoms with Gasteiger partial charge in [0.25, 0.3) is 0 Å². The highest BCUT2D eigenvalue weighted by Crippen LogP contribution is 2.26. The lowest BCUT2D eigenvalue weighted by Gasteiger charge is -2.08. The molecule has 0 saturated heterocycles. The summed E-state index contributed by atoms with van der Waals surface area (Å²) in [5, 5.41) is 0.621. The topological polar surface area (TPSA) is 74.4 Å². The Morgan fingerprint density at radius 3 is 2.76 bits per heavy atom. The number of hydrogen-bond acceptors (Lipinski definition) is 5. The van der Waals surface area contributed by atoms with Crippen LogP contribution in [-0.4, -0.2) is 25.2 Å². The first kappa shape index (κ1) is 11.2. The number of esters is 1. The van der Waals surface area contributed by atoms with Gasteiger partial charge in [-0.3, -0.25) is 4.98 Å². The van der Waals surface area contributed by atoms with E-state index in [2.05, 4.69) is 4.98 Å². The fourth-order valence-electron chi connectivity index (χ4n) is 1.64. The van der Waals surface area contributed by atoms with Gasteiger partial charge in [0.1, 0.15) is 5.75 Å². The van der Waals surface area contributed by atoms with E-state index in [9.17, 15) is 4.79 Å². The second-order valence-corrected chi connectivity index (χ2v) is 3.46. The van der Waals surface area contributed by atoms with E-state index in [1.54, 1.807) is 25.3 Å². The lowest BCUT2D eigenvalue weighted by Crippen LogP contribution is -2.07. The third kappa shape index (κ3) is 1.87. The SMILES string of the molecule is COC(=O)c1c(N)cnc2ccc(OC)cc12. The first-order chi connectivity index (χ1) is 8.17. The third-order valence-electron chi connectivity index (χ3n) is 2.49. The summed E-state index contributed by atoms with van der Waals surface area (Å²) >= 11 is 0. The van der Waals surface area contributed by atoms with Gasteiger partial charge in [0, 0.05) is 5.39 Å². The first-order valence-electron chi connectivity index (χ1n) is 4.98. The fourth-order valence-corrected chi connectivity index (χ4v) is 1.64. The molecule has 2 rings (SSSR count). The number of nitrogens with zero attached hydrogens (tertiary/aromatic N) is 1. The summed E-state index contributed by atoms with van der Waals surface area (Å²) in [7, 11) is 2.87. The minimum absolute atomic E-state index is 0.289. The average molecular weight is 232 g/mol. The number of nitrogen functional groups attached to an aromatic ring is 1. The van der Waals surface area contributed by atoms with Crippen molar-refractivity contribution in [3.63, 3.8) is 0 Å². The Bertz CT molecular complexity index is 581. The molecule has 0 amide bonds. The van der Waals surface area contributed by atoms with E-state index in [0.29, 0.717) is 22.2 Å². The zero-order valence-corrected chi connectivity index (χ0v) is 9.56. The average Bonchev–Trinajstić information content (AvgIpc) is 2.37. The molecule has 5 nitrogen and oxygen atoms in total. The van der Waals surface area contributed by atoms with Crippen LogP contribution in [0.4, 0.5) is 5.69 Å². The lowest BCUT2D eigenvalue weighted by atomic mass is 10.1. The second-order valence-electron chi connectivity index (χ2n) is 3.46. The minimum Gasteiger partial charge on any atom is -0.497 e. The highest BCUT2D eigenvalue weighted by Gasteiger charge is 2.15. The van der Waals surface area contributed by atoms with Crippen LogP contribution < -0.4 is 10.5 Å². The number of carbonyl (C=O) groups excluding carboxylic acids is 1. The van der Waals surface area contributed by atoms with Crippen molar-refractivity contribution >= 4 is 22.6 Å². The van der Waals surface area contributed by atoms with Crippen molar-refractivity contribution in [2.75, 3.05) is 20.0 Å². The second kappa shape index (κ2) is 4.29. The number of methoxy groups -OCH3 is 2. The van der Waals surface area contributed by atoms with E-state index in [4.69, 9.17) is 15.2 Å². The molecule has 0 unspecified atom stereocenters. The van der Waals surface area contributed by atoms with E-state index in [1.165, 1.54) is 13.3 Å². The number of anilines is 1. The van der Waals surface area contributed by atoms with E-state index in [-0.39, 0.29) is 5.69 Å². The molecule has 1 aromatic heterocycles. The van der Waals surface area contributed by atoms with Gasteiger partial charge in [-0.05, 0) is 18.2 Å². The number of pyridine rings is 1. The molecule has 0 atom stereocenters. The van der Waals surface area contributed by atoms with Crippen molar-refractivity contribution in [1.82, 2.24) is 4.98 Å². The molecule has 0 spiro atoms. The van der Waals surface area contributed by atoms with E-state index < -0.39 is 5.97 Å². The molecule has 0 radical (unpaired) electrons. The Balaban J connectivity index is 2.77. The van der Waals surface area contributed by atoms with E-state index in [0.717, 1.165) is 0 Å². The van der Waals surface area contributed by atoms with Crippen molar-refractivity contribution in [1.29, 1.82) is 0 Å². The van der Waals surface area contributed by atoms with Crippen LogP contribution in [0.25, 0.3) is 10.9 Å². The summed E-state index contributed by atoms with van der Waals surface area (Å²) in [5.74, 6) is 0.151. The van der Waals surface area contributed by atoms with Crippen LogP contribution in [-0.2, 0) is 4.74 Å². The largest absolute Gasteiger partial charge is 0.497 e.